The first-order chi connectivity index (χ1) is 13.9. The third kappa shape index (κ3) is 5.96. The molecule has 10 heteroatoms. The van der Waals surface area contributed by atoms with Crippen LogP contribution in [0.5, 0.6) is 5.75 Å². The average molecular weight is 452 g/mol. The van der Waals surface area contributed by atoms with Crippen LogP contribution in [0.25, 0.3) is 0 Å². The van der Waals surface area contributed by atoms with Crippen molar-refractivity contribution in [3.63, 3.8) is 0 Å². The first-order valence-electron chi connectivity index (χ1n) is 8.38. The van der Waals surface area contributed by atoms with E-state index in [0.717, 1.165) is 22.9 Å². The Morgan fingerprint density at radius 1 is 1.21 bits per heavy atom. The third-order valence-electron chi connectivity index (χ3n) is 3.82. The maximum absolute atomic E-state index is 11.6. The van der Waals surface area contributed by atoms with Crippen LogP contribution in [0.1, 0.15) is 17.5 Å². The van der Waals surface area contributed by atoms with Gasteiger partial charge in [0.2, 0.25) is 5.91 Å². The van der Waals surface area contributed by atoms with Crippen LogP contribution < -0.4 is 10.1 Å². The summed E-state index contributed by atoms with van der Waals surface area (Å²) in [5, 5.41) is 19.8. The van der Waals surface area contributed by atoms with E-state index < -0.39 is 11.2 Å². The summed E-state index contributed by atoms with van der Waals surface area (Å²) in [6.07, 6.45) is 1.25. The molecule has 0 aromatic heterocycles. The minimum atomic E-state index is -1.04. The number of rotatable bonds is 7. The summed E-state index contributed by atoms with van der Waals surface area (Å²) in [5.41, 5.74) is 1.49. The molecule has 0 saturated carbocycles. The van der Waals surface area contributed by atoms with E-state index in [1.165, 1.54) is 6.21 Å². The van der Waals surface area contributed by atoms with E-state index in [-0.39, 0.29) is 24.1 Å². The van der Waals surface area contributed by atoms with Gasteiger partial charge in [0, 0.05) is 15.6 Å². The molecule has 150 valence electrons. The molecule has 0 spiro atoms. The summed E-state index contributed by atoms with van der Waals surface area (Å²) in [6.45, 7) is 0.244. The maximum atomic E-state index is 11.6. The number of amides is 1. The zero-order valence-corrected chi connectivity index (χ0v) is 17.2. The van der Waals surface area contributed by atoms with Gasteiger partial charge in [0.05, 0.1) is 12.6 Å². The van der Waals surface area contributed by atoms with Crippen LogP contribution in [-0.4, -0.2) is 33.6 Å². The molecule has 7 nitrogen and oxygen atoms in total. The number of hydrogen-bond acceptors (Lipinski definition) is 6. The highest BCUT2D eigenvalue weighted by Crippen LogP contribution is 2.26. The monoisotopic (exact) mass is 451 g/mol. The number of ether oxygens (including phenoxy) is 1. The molecule has 1 saturated heterocycles. The standard InChI is InChI=1S/C19H15Cl2N3O4S/c20-14-2-1-3-15(21)13(14)10-28-12-6-4-11(5-7-12)9-22-24-19-23-18(27)16(29-19)8-17(25)26/h1-7,9,16H,8,10H2,(H,25,26)(H,23,24,27). The quantitative estimate of drug-likeness (QED) is 0.489. The Morgan fingerprint density at radius 3 is 2.55 bits per heavy atom. The van der Waals surface area contributed by atoms with E-state index >= 15 is 0 Å². The molecule has 0 radical (unpaired) electrons. The Labute approximate surface area is 180 Å². The molecule has 0 bridgehead atoms. The number of amidine groups is 1. The van der Waals surface area contributed by atoms with Crippen LogP contribution >= 0.6 is 35.0 Å². The van der Waals surface area contributed by atoms with Crippen LogP contribution in [-0.2, 0) is 16.2 Å². The van der Waals surface area contributed by atoms with Gasteiger partial charge in [0.25, 0.3) is 0 Å². The van der Waals surface area contributed by atoms with Crippen molar-refractivity contribution in [2.24, 2.45) is 10.2 Å². The van der Waals surface area contributed by atoms with Gasteiger partial charge in [-0.25, -0.2) is 0 Å². The van der Waals surface area contributed by atoms with Gasteiger partial charge in [-0.3, -0.25) is 9.59 Å². The molecule has 3 rings (SSSR count). The molecule has 1 amide bonds. The van der Waals surface area contributed by atoms with E-state index in [1.807, 2.05) is 0 Å². The molecular formula is C19H15Cl2N3O4S. The van der Waals surface area contributed by atoms with Gasteiger partial charge < -0.3 is 15.2 Å². The largest absolute Gasteiger partial charge is 0.489 e. The highest BCUT2D eigenvalue weighted by Gasteiger charge is 2.32. The maximum Gasteiger partial charge on any atom is 0.305 e. The van der Waals surface area contributed by atoms with Crippen LogP contribution in [0.15, 0.2) is 52.7 Å². The number of carbonyl (C=O) groups excluding carboxylic acids is 1. The van der Waals surface area contributed by atoms with Crippen molar-refractivity contribution >= 4 is 58.2 Å². The second-order valence-corrected chi connectivity index (χ2v) is 7.91. The normalized spacial score (nSPS) is 17.7. The molecule has 29 heavy (non-hydrogen) atoms. The van der Waals surface area contributed by atoms with Crippen molar-refractivity contribution in [2.45, 2.75) is 18.3 Å². The zero-order chi connectivity index (χ0) is 20.8. The molecule has 1 aliphatic heterocycles. The van der Waals surface area contributed by atoms with E-state index in [9.17, 15) is 9.59 Å². The number of halogens is 2. The van der Waals surface area contributed by atoms with Crippen molar-refractivity contribution in [3.05, 3.63) is 63.6 Å². The molecular weight excluding hydrogens is 437 g/mol. The molecule has 1 atom stereocenters. The minimum absolute atomic E-state index is 0.244. The number of nitrogens with zero attached hydrogens (tertiary/aromatic N) is 2. The van der Waals surface area contributed by atoms with Crippen LogP contribution in [0.4, 0.5) is 0 Å². The van der Waals surface area contributed by atoms with Crippen molar-refractivity contribution in [1.82, 2.24) is 5.32 Å². The number of carboxylic acid groups (broad SMARTS) is 1. The SMILES string of the molecule is O=C(O)CC1S/C(=N/N=Cc2ccc(OCc3c(Cl)cccc3Cl)cc2)NC1=O. The first kappa shape index (κ1) is 21.2. The predicted molar refractivity (Wildman–Crippen MR) is 114 cm³/mol. The third-order valence-corrected chi connectivity index (χ3v) is 5.60. The summed E-state index contributed by atoms with van der Waals surface area (Å²) in [7, 11) is 0. The summed E-state index contributed by atoms with van der Waals surface area (Å²) in [4.78, 5) is 22.3. The lowest BCUT2D eigenvalue weighted by Crippen LogP contribution is -2.26. The molecule has 1 fully saturated rings. The number of aliphatic carboxylic acids is 1. The second kappa shape index (κ2) is 9.78. The molecule has 2 aromatic rings. The number of benzene rings is 2. The van der Waals surface area contributed by atoms with E-state index in [2.05, 4.69) is 15.5 Å². The molecule has 1 unspecified atom stereocenters. The smallest absolute Gasteiger partial charge is 0.305 e. The van der Waals surface area contributed by atoms with Crippen LogP contribution in [0, 0.1) is 0 Å². The Balaban J connectivity index is 1.55. The number of hydrogen-bond donors (Lipinski definition) is 2. The van der Waals surface area contributed by atoms with Crippen LogP contribution in [0.3, 0.4) is 0 Å². The summed E-state index contributed by atoms with van der Waals surface area (Å²) in [5.74, 6) is -0.785. The first-order valence-corrected chi connectivity index (χ1v) is 10.0. The summed E-state index contributed by atoms with van der Waals surface area (Å²) < 4.78 is 5.71. The molecule has 2 aromatic carbocycles. The lowest BCUT2D eigenvalue weighted by Gasteiger charge is -2.09. The van der Waals surface area contributed by atoms with Crippen molar-refractivity contribution < 1.29 is 19.4 Å². The number of carboxylic acids is 1. The Kier molecular flexibility index (Phi) is 7.13. The van der Waals surface area contributed by atoms with Gasteiger partial charge in [-0.05, 0) is 42.0 Å². The Morgan fingerprint density at radius 2 is 1.90 bits per heavy atom. The Bertz CT molecular complexity index is 960. The van der Waals surface area contributed by atoms with Gasteiger partial charge in [-0.2, -0.15) is 5.10 Å². The summed E-state index contributed by atoms with van der Waals surface area (Å²) in [6, 6.07) is 12.4. The zero-order valence-electron chi connectivity index (χ0n) is 14.8. The van der Waals surface area contributed by atoms with Crippen molar-refractivity contribution in [1.29, 1.82) is 0 Å². The van der Waals surface area contributed by atoms with Crippen molar-refractivity contribution in [2.75, 3.05) is 0 Å². The fraction of sp³-hybridized carbons (Fsp3) is 0.158. The van der Waals surface area contributed by atoms with Gasteiger partial charge in [-0.1, -0.05) is 41.0 Å². The van der Waals surface area contributed by atoms with Crippen LogP contribution in [0.2, 0.25) is 10.0 Å². The molecule has 0 aliphatic carbocycles. The van der Waals surface area contributed by atoms with E-state index in [1.54, 1.807) is 42.5 Å². The highest BCUT2D eigenvalue weighted by atomic mass is 35.5. The molecule has 1 heterocycles. The lowest BCUT2D eigenvalue weighted by atomic mass is 10.2. The van der Waals surface area contributed by atoms with Gasteiger partial charge in [0.1, 0.15) is 17.6 Å². The van der Waals surface area contributed by atoms with Gasteiger partial charge in [-0.15, -0.1) is 5.10 Å². The van der Waals surface area contributed by atoms with Gasteiger partial charge >= 0.3 is 5.97 Å². The number of carbonyl (C=O) groups is 2. The fourth-order valence-electron chi connectivity index (χ4n) is 2.37. The average Bonchev–Trinajstić information content (AvgIpc) is 3.01. The number of nitrogens with one attached hydrogen (secondary N) is 1. The lowest BCUT2D eigenvalue weighted by molar-refractivity contribution is -0.138. The highest BCUT2D eigenvalue weighted by molar-refractivity contribution is 8.15. The number of thioether (sulfide) groups is 1. The topological polar surface area (TPSA) is 100 Å². The van der Waals surface area contributed by atoms with E-state index in [0.29, 0.717) is 15.8 Å². The van der Waals surface area contributed by atoms with E-state index in [4.69, 9.17) is 33.0 Å². The summed E-state index contributed by atoms with van der Waals surface area (Å²) >= 11 is 13.3. The van der Waals surface area contributed by atoms with Gasteiger partial charge in [0.15, 0.2) is 5.17 Å². The molecule has 2 N–H and O–H groups in total. The predicted octanol–water partition coefficient (Wildman–Crippen LogP) is 3.97. The fourth-order valence-corrected chi connectivity index (χ4v) is 3.79. The van der Waals surface area contributed by atoms with Crippen molar-refractivity contribution in [3.8, 4) is 5.75 Å². The Hall–Kier alpha value is -2.55. The molecule has 1 aliphatic rings. The second-order valence-electron chi connectivity index (χ2n) is 5.90. The minimum Gasteiger partial charge on any atom is -0.489 e.